The highest BCUT2D eigenvalue weighted by atomic mass is 79.9. The first-order chi connectivity index (χ1) is 6.25. The van der Waals surface area contributed by atoms with E-state index in [2.05, 4.69) is 25.9 Å². The standard InChI is InChI=1S/C6H5BrF2N2/c1-6(8,9)4-2-11-5(7)3-10-4/h2-3H,1H3/i1D3. The zero-order valence-electron chi connectivity index (χ0n) is 8.18. The van der Waals surface area contributed by atoms with Crippen molar-refractivity contribution in [2.45, 2.75) is 12.8 Å². The van der Waals surface area contributed by atoms with E-state index in [1.54, 1.807) is 0 Å². The quantitative estimate of drug-likeness (QED) is 0.734. The van der Waals surface area contributed by atoms with Crippen LogP contribution in [0.1, 0.15) is 16.7 Å². The highest BCUT2D eigenvalue weighted by Crippen LogP contribution is 2.24. The van der Waals surface area contributed by atoms with E-state index in [-0.39, 0.29) is 4.60 Å². The van der Waals surface area contributed by atoms with Gasteiger partial charge in [-0.1, -0.05) is 0 Å². The number of nitrogens with zero attached hydrogens (tertiary/aromatic N) is 2. The van der Waals surface area contributed by atoms with Crippen LogP contribution in [0.25, 0.3) is 0 Å². The third-order valence-electron chi connectivity index (χ3n) is 0.942. The molecule has 0 aliphatic heterocycles. The molecule has 0 unspecified atom stereocenters. The Labute approximate surface area is 75.0 Å². The third-order valence-corrected chi connectivity index (χ3v) is 1.35. The van der Waals surface area contributed by atoms with Gasteiger partial charge >= 0.3 is 0 Å². The van der Waals surface area contributed by atoms with E-state index in [0.717, 1.165) is 12.4 Å². The number of hydrogen-bond acceptors (Lipinski definition) is 2. The third kappa shape index (κ3) is 2.18. The fraction of sp³-hybridized carbons (Fsp3) is 0.333. The molecule has 0 aliphatic carbocycles. The lowest BCUT2D eigenvalue weighted by molar-refractivity contribution is 0.0123. The molecule has 1 rings (SSSR count). The molecule has 0 fully saturated rings. The van der Waals surface area contributed by atoms with Crippen molar-refractivity contribution >= 4 is 15.9 Å². The van der Waals surface area contributed by atoms with Gasteiger partial charge in [-0.3, -0.25) is 4.98 Å². The Morgan fingerprint density at radius 3 is 2.73 bits per heavy atom. The second-order valence-electron chi connectivity index (χ2n) is 1.80. The van der Waals surface area contributed by atoms with Crippen molar-refractivity contribution in [1.82, 2.24) is 9.97 Å². The minimum atomic E-state index is -3.97. The Kier molecular flexibility index (Phi) is 1.31. The van der Waals surface area contributed by atoms with E-state index in [0.29, 0.717) is 0 Å². The second-order valence-corrected chi connectivity index (χ2v) is 2.61. The molecule has 0 saturated carbocycles. The van der Waals surface area contributed by atoms with Crippen molar-refractivity contribution in [3.63, 3.8) is 0 Å². The second kappa shape index (κ2) is 2.81. The van der Waals surface area contributed by atoms with Gasteiger partial charge in [-0.15, -0.1) is 0 Å². The predicted molar refractivity (Wildman–Crippen MR) is 39.3 cm³/mol. The molecule has 2 nitrogen and oxygen atoms in total. The number of rotatable bonds is 1. The maximum absolute atomic E-state index is 13.1. The lowest BCUT2D eigenvalue weighted by Gasteiger charge is -2.07. The fourth-order valence-electron chi connectivity index (χ4n) is 0.474. The molecule has 60 valence electrons. The lowest BCUT2D eigenvalue weighted by atomic mass is 10.3. The highest BCUT2D eigenvalue weighted by molar-refractivity contribution is 9.10. The van der Waals surface area contributed by atoms with Gasteiger partial charge in [0.1, 0.15) is 10.3 Å². The smallest absolute Gasteiger partial charge is 0.251 e. The van der Waals surface area contributed by atoms with Crippen molar-refractivity contribution in [2.24, 2.45) is 0 Å². The first kappa shape index (κ1) is 5.13. The van der Waals surface area contributed by atoms with Crippen molar-refractivity contribution in [1.29, 1.82) is 0 Å². The molecule has 0 aliphatic rings. The highest BCUT2D eigenvalue weighted by Gasteiger charge is 2.26. The molecule has 5 heteroatoms. The topological polar surface area (TPSA) is 25.8 Å². The van der Waals surface area contributed by atoms with Crippen LogP contribution < -0.4 is 0 Å². The summed E-state index contributed by atoms with van der Waals surface area (Å²) < 4.78 is 46.4. The maximum Gasteiger partial charge on any atom is 0.288 e. The first-order valence-corrected chi connectivity index (χ1v) is 3.40. The largest absolute Gasteiger partial charge is 0.288 e. The molecule has 0 saturated heterocycles. The van der Waals surface area contributed by atoms with Gasteiger partial charge in [-0.05, 0) is 15.9 Å². The van der Waals surface area contributed by atoms with Gasteiger partial charge in [0, 0.05) is 11.0 Å². The van der Waals surface area contributed by atoms with Crippen LogP contribution in [-0.4, -0.2) is 9.97 Å². The van der Waals surface area contributed by atoms with Crippen molar-refractivity contribution in [3.8, 4) is 0 Å². The zero-order valence-corrected chi connectivity index (χ0v) is 6.77. The molecule has 0 N–H and O–H groups in total. The summed E-state index contributed by atoms with van der Waals surface area (Å²) in [5.41, 5.74) is -0.860. The molecule has 0 amide bonds. The Hall–Kier alpha value is -0.580. The maximum atomic E-state index is 13.1. The summed E-state index contributed by atoms with van der Waals surface area (Å²) in [6, 6.07) is 0. The monoisotopic (exact) mass is 225 g/mol. The van der Waals surface area contributed by atoms with Gasteiger partial charge in [0.05, 0.1) is 12.4 Å². The van der Waals surface area contributed by atoms with Gasteiger partial charge in [0.25, 0.3) is 5.92 Å². The van der Waals surface area contributed by atoms with Crippen LogP contribution in [0.3, 0.4) is 0 Å². The molecular formula is C6H5BrF2N2. The van der Waals surface area contributed by atoms with Crippen LogP contribution in [0.2, 0.25) is 0 Å². The van der Waals surface area contributed by atoms with Gasteiger partial charge in [0.2, 0.25) is 0 Å². The summed E-state index contributed by atoms with van der Waals surface area (Å²) in [6.07, 6.45) is 1.76. The van der Waals surface area contributed by atoms with E-state index in [1.807, 2.05) is 0 Å². The normalized spacial score (nSPS) is 16.8. The molecule has 1 aromatic heterocycles. The molecule has 0 bridgehead atoms. The summed E-state index contributed by atoms with van der Waals surface area (Å²) in [5, 5.41) is 0. The van der Waals surface area contributed by atoms with E-state index >= 15 is 0 Å². The van der Waals surface area contributed by atoms with Crippen molar-refractivity contribution < 1.29 is 12.9 Å². The molecule has 0 radical (unpaired) electrons. The molecule has 11 heavy (non-hydrogen) atoms. The molecular weight excluding hydrogens is 218 g/mol. The summed E-state index contributed by atoms with van der Waals surface area (Å²) >= 11 is 2.90. The van der Waals surface area contributed by atoms with E-state index in [4.69, 9.17) is 4.11 Å². The van der Waals surface area contributed by atoms with Crippen LogP contribution in [0, 0.1) is 0 Å². The van der Waals surface area contributed by atoms with Crippen molar-refractivity contribution in [2.75, 3.05) is 0 Å². The summed E-state index contributed by atoms with van der Waals surface area (Å²) in [5.74, 6) is -3.97. The minimum absolute atomic E-state index is 0.266. The Bertz CT molecular complexity index is 325. The summed E-state index contributed by atoms with van der Waals surface area (Å²) in [4.78, 5) is 6.78. The van der Waals surface area contributed by atoms with Crippen LogP contribution in [0.4, 0.5) is 8.78 Å². The first-order valence-electron chi connectivity index (χ1n) is 4.11. The fourth-order valence-corrected chi connectivity index (χ4v) is 0.679. The van der Waals surface area contributed by atoms with Gasteiger partial charge in [0.15, 0.2) is 0 Å². The van der Waals surface area contributed by atoms with Gasteiger partial charge in [-0.2, -0.15) is 8.78 Å². The number of hydrogen-bond donors (Lipinski definition) is 0. The van der Waals surface area contributed by atoms with Gasteiger partial charge < -0.3 is 0 Å². The average molecular weight is 226 g/mol. The van der Waals surface area contributed by atoms with Crippen LogP contribution in [0.15, 0.2) is 17.0 Å². The average Bonchev–Trinajstić information content (AvgIpc) is 2.03. The van der Waals surface area contributed by atoms with Crippen LogP contribution >= 0.6 is 15.9 Å². The minimum Gasteiger partial charge on any atom is -0.251 e. The Balaban J connectivity index is 3.10. The van der Waals surface area contributed by atoms with E-state index in [9.17, 15) is 8.78 Å². The lowest BCUT2D eigenvalue weighted by Crippen LogP contribution is -2.09. The predicted octanol–water partition coefficient (Wildman–Crippen LogP) is 2.35. The molecule has 0 aromatic carbocycles. The summed E-state index contributed by atoms with van der Waals surface area (Å²) in [7, 11) is 0. The Morgan fingerprint density at radius 2 is 2.27 bits per heavy atom. The van der Waals surface area contributed by atoms with E-state index < -0.39 is 18.5 Å². The number of aromatic nitrogens is 2. The molecule has 0 spiro atoms. The van der Waals surface area contributed by atoms with Crippen molar-refractivity contribution in [3.05, 3.63) is 22.7 Å². The molecule has 1 heterocycles. The number of alkyl halides is 2. The summed E-state index contributed by atoms with van der Waals surface area (Å²) in [6.45, 7) is -3.41. The van der Waals surface area contributed by atoms with E-state index in [1.165, 1.54) is 0 Å². The molecule has 1 aromatic rings. The Morgan fingerprint density at radius 1 is 1.55 bits per heavy atom. The molecule has 0 atom stereocenters. The zero-order chi connectivity index (χ0) is 11.0. The van der Waals surface area contributed by atoms with Crippen LogP contribution in [0.5, 0.6) is 0 Å². The van der Waals surface area contributed by atoms with Gasteiger partial charge in [-0.25, -0.2) is 4.98 Å². The number of halogens is 3. The van der Waals surface area contributed by atoms with Crippen LogP contribution in [-0.2, 0) is 5.92 Å². The SMILES string of the molecule is [2H]C([2H])([2H])C(F)(F)c1cnc(Br)cn1.